The minimum Gasteiger partial charge on any atom is -0.395 e. The second-order valence-corrected chi connectivity index (χ2v) is 3.13. The molecule has 0 spiro atoms. The molecule has 0 aliphatic carbocycles. The Balaban J connectivity index is 2.18. The van der Waals surface area contributed by atoms with Crippen LogP contribution in [0.1, 0.15) is 5.69 Å². The van der Waals surface area contributed by atoms with Gasteiger partial charge in [0.15, 0.2) is 0 Å². The van der Waals surface area contributed by atoms with E-state index in [2.05, 4.69) is 14.9 Å². The molecule has 0 amide bonds. The van der Waals surface area contributed by atoms with Crippen molar-refractivity contribution >= 4 is 5.84 Å². The van der Waals surface area contributed by atoms with E-state index in [0.29, 0.717) is 6.54 Å². The minimum atomic E-state index is 0.159. The molecule has 0 saturated carbocycles. The summed E-state index contributed by atoms with van der Waals surface area (Å²) < 4.78 is 0. The second kappa shape index (κ2) is 4.19. The highest BCUT2D eigenvalue weighted by molar-refractivity contribution is 5.98. The molecule has 4 nitrogen and oxygen atoms in total. The van der Waals surface area contributed by atoms with Crippen LogP contribution >= 0.6 is 0 Å². The quantitative estimate of drug-likeness (QED) is 0.739. The lowest BCUT2D eigenvalue weighted by atomic mass is 10.3. The third kappa shape index (κ3) is 1.75. The van der Waals surface area contributed by atoms with Crippen molar-refractivity contribution in [3.05, 3.63) is 30.1 Å². The summed E-state index contributed by atoms with van der Waals surface area (Å²) in [5.41, 5.74) is 0.887. The maximum atomic E-state index is 8.87. The number of pyridine rings is 1. The molecule has 0 saturated heterocycles. The number of aromatic nitrogens is 1. The van der Waals surface area contributed by atoms with Gasteiger partial charge in [-0.2, -0.15) is 0 Å². The van der Waals surface area contributed by atoms with Gasteiger partial charge in [0.25, 0.3) is 0 Å². The molecule has 0 unspecified atom stereocenters. The fraction of sp³-hybridized carbons (Fsp3) is 0.400. The zero-order valence-corrected chi connectivity index (χ0v) is 7.93. The normalized spacial score (nSPS) is 15.8. The Morgan fingerprint density at radius 1 is 1.43 bits per heavy atom. The van der Waals surface area contributed by atoms with Crippen molar-refractivity contribution < 1.29 is 5.11 Å². The highest BCUT2D eigenvalue weighted by atomic mass is 16.3. The van der Waals surface area contributed by atoms with Gasteiger partial charge in [-0.05, 0) is 12.1 Å². The van der Waals surface area contributed by atoms with Crippen LogP contribution in [0.2, 0.25) is 0 Å². The summed E-state index contributed by atoms with van der Waals surface area (Å²) >= 11 is 0. The van der Waals surface area contributed by atoms with Gasteiger partial charge >= 0.3 is 0 Å². The summed E-state index contributed by atoms with van der Waals surface area (Å²) in [6, 6.07) is 5.77. The average molecular weight is 191 g/mol. The summed E-state index contributed by atoms with van der Waals surface area (Å²) in [5.74, 6) is 0.902. The highest BCUT2D eigenvalue weighted by Gasteiger charge is 2.18. The van der Waals surface area contributed by atoms with E-state index in [9.17, 15) is 0 Å². The van der Waals surface area contributed by atoms with Crippen molar-refractivity contribution in [2.45, 2.75) is 0 Å². The largest absolute Gasteiger partial charge is 0.395 e. The van der Waals surface area contributed by atoms with Crippen LogP contribution in [0.5, 0.6) is 0 Å². The molecule has 1 aliphatic rings. The molecule has 2 heterocycles. The van der Waals surface area contributed by atoms with Gasteiger partial charge in [0, 0.05) is 19.3 Å². The molecule has 1 aromatic heterocycles. The lowest BCUT2D eigenvalue weighted by Gasteiger charge is -2.18. The lowest BCUT2D eigenvalue weighted by molar-refractivity contribution is 0.256. The highest BCUT2D eigenvalue weighted by Crippen LogP contribution is 2.07. The monoisotopic (exact) mass is 191 g/mol. The SMILES string of the molecule is OCCN1CCN=C1c1ccccn1. The van der Waals surface area contributed by atoms with Crippen LogP contribution in [0.15, 0.2) is 29.4 Å². The Morgan fingerprint density at radius 3 is 3.07 bits per heavy atom. The van der Waals surface area contributed by atoms with E-state index >= 15 is 0 Å². The molecule has 0 aromatic carbocycles. The van der Waals surface area contributed by atoms with E-state index in [0.717, 1.165) is 24.6 Å². The van der Waals surface area contributed by atoms with E-state index in [4.69, 9.17) is 5.11 Å². The number of hydrogen-bond acceptors (Lipinski definition) is 4. The van der Waals surface area contributed by atoms with Crippen LogP contribution in [0, 0.1) is 0 Å². The molecular weight excluding hydrogens is 178 g/mol. The maximum absolute atomic E-state index is 8.87. The number of aliphatic hydroxyl groups is 1. The van der Waals surface area contributed by atoms with Crippen molar-refractivity contribution in [2.24, 2.45) is 4.99 Å². The average Bonchev–Trinajstić information content (AvgIpc) is 2.68. The fourth-order valence-electron chi connectivity index (χ4n) is 1.56. The Kier molecular flexibility index (Phi) is 2.74. The molecule has 14 heavy (non-hydrogen) atoms. The van der Waals surface area contributed by atoms with Gasteiger partial charge in [0.1, 0.15) is 11.5 Å². The Hall–Kier alpha value is -1.42. The van der Waals surface area contributed by atoms with E-state index < -0.39 is 0 Å². The van der Waals surface area contributed by atoms with Crippen molar-refractivity contribution in [3.63, 3.8) is 0 Å². The molecule has 0 atom stereocenters. The topological polar surface area (TPSA) is 48.7 Å². The first-order valence-electron chi connectivity index (χ1n) is 4.73. The molecule has 0 fully saturated rings. The summed E-state index contributed by atoms with van der Waals surface area (Å²) in [5, 5.41) is 8.87. The zero-order valence-electron chi connectivity index (χ0n) is 7.93. The van der Waals surface area contributed by atoms with Gasteiger partial charge in [-0.15, -0.1) is 0 Å². The zero-order chi connectivity index (χ0) is 9.80. The first-order chi connectivity index (χ1) is 6.92. The number of rotatable bonds is 3. The van der Waals surface area contributed by atoms with Crippen LogP contribution in [0.3, 0.4) is 0 Å². The number of amidine groups is 1. The summed E-state index contributed by atoms with van der Waals surface area (Å²) in [4.78, 5) is 10.7. The molecule has 4 heteroatoms. The van der Waals surface area contributed by atoms with Crippen molar-refractivity contribution in [1.29, 1.82) is 0 Å². The Labute approximate surface area is 82.9 Å². The second-order valence-electron chi connectivity index (χ2n) is 3.13. The lowest BCUT2D eigenvalue weighted by Crippen LogP contribution is -2.31. The van der Waals surface area contributed by atoms with E-state index in [1.807, 2.05) is 18.2 Å². The molecule has 1 aliphatic heterocycles. The summed E-state index contributed by atoms with van der Waals surface area (Å²) in [6.45, 7) is 2.47. The van der Waals surface area contributed by atoms with Crippen molar-refractivity contribution in [1.82, 2.24) is 9.88 Å². The first kappa shape index (κ1) is 9.15. The maximum Gasteiger partial charge on any atom is 0.150 e. The van der Waals surface area contributed by atoms with Gasteiger partial charge in [-0.25, -0.2) is 0 Å². The van der Waals surface area contributed by atoms with E-state index in [1.165, 1.54) is 0 Å². The molecular formula is C10H13N3O. The van der Waals surface area contributed by atoms with Crippen LogP contribution < -0.4 is 0 Å². The summed E-state index contributed by atoms with van der Waals surface area (Å²) in [6.07, 6.45) is 1.76. The van der Waals surface area contributed by atoms with Gasteiger partial charge in [0.2, 0.25) is 0 Å². The van der Waals surface area contributed by atoms with Crippen molar-refractivity contribution in [3.8, 4) is 0 Å². The summed E-state index contributed by atoms with van der Waals surface area (Å²) in [7, 11) is 0. The molecule has 0 bridgehead atoms. The van der Waals surface area contributed by atoms with Gasteiger partial charge in [0.05, 0.1) is 13.2 Å². The number of aliphatic imine (C=N–C) groups is 1. The van der Waals surface area contributed by atoms with Gasteiger partial charge < -0.3 is 10.0 Å². The van der Waals surface area contributed by atoms with Crippen LogP contribution in [0.4, 0.5) is 0 Å². The van der Waals surface area contributed by atoms with Crippen LogP contribution in [-0.2, 0) is 0 Å². The first-order valence-corrected chi connectivity index (χ1v) is 4.73. The van der Waals surface area contributed by atoms with E-state index in [1.54, 1.807) is 6.20 Å². The third-order valence-corrected chi connectivity index (χ3v) is 2.19. The van der Waals surface area contributed by atoms with Crippen molar-refractivity contribution in [2.75, 3.05) is 26.2 Å². The van der Waals surface area contributed by atoms with E-state index in [-0.39, 0.29) is 6.61 Å². The molecule has 1 aromatic rings. The fourth-order valence-corrected chi connectivity index (χ4v) is 1.56. The Bertz CT molecular complexity index is 323. The third-order valence-electron chi connectivity index (χ3n) is 2.19. The Morgan fingerprint density at radius 2 is 2.36 bits per heavy atom. The molecule has 2 rings (SSSR count). The van der Waals surface area contributed by atoms with Gasteiger partial charge in [-0.3, -0.25) is 9.98 Å². The number of aliphatic hydroxyl groups excluding tert-OH is 1. The van der Waals surface area contributed by atoms with Crippen LogP contribution in [0.25, 0.3) is 0 Å². The molecule has 74 valence electrons. The predicted molar refractivity (Wildman–Crippen MR) is 54.3 cm³/mol. The number of hydrogen-bond donors (Lipinski definition) is 1. The van der Waals surface area contributed by atoms with Gasteiger partial charge in [-0.1, -0.05) is 6.07 Å². The van der Waals surface area contributed by atoms with Crippen LogP contribution in [-0.4, -0.2) is 47.1 Å². The molecule has 0 radical (unpaired) electrons. The molecule has 1 N–H and O–H groups in total. The number of β-amino-alcohol motifs (C(OH)–C–C–N with tert-alkyl or cyclic N) is 1. The minimum absolute atomic E-state index is 0.159. The smallest absolute Gasteiger partial charge is 0.150 e. The standard InChI is InChI=1S/C10H13N3O/c14-8-7-13-6-5-12-10(13)9-3-1-2-4-11-9/h1-4,14H,5-8H2. The number of nitrogens with zero attached hydrogens (tertiary/aromatic N) is 3. The predicted octanol–water partition coefficient (Wildman–Crippen LogP) is 0.136.